The zero-order valence-electron chi connectivity index (χ0n) is 6.49. The molecule has 13 heavy (non-hydrogen) atoms. The fourth-order valence-electron chi connectivity index (χ4n) is 0.767. The van der Waals surface area contributed by atoms with Crippen molar-refractivity contribution in [2.45, 2.75) is 4.90 Å². The van der Waals surface area contributed by atoms with Crippen molar-refractivity contribution in [2.24, 2.45) is 7.05 Å². The summed E-state index contributed by atoms with van der Waals surface area (Å²) in [6.45, 7) is 0. The topological polar surface area (TPSA) is 56.1 Å². The highest BCUT2D eigenvalue weighted by Gasteiger charge is 2.15. The second-order valence-corrected chi connectivity index (χ2v) is 5.31. The van der Waals surface area contributed by atoms with E-state index >= 15 is 0 Å². The van der Waals surface area contributed by atoms with Gasteiger partial charge in [-0.3, -0.25) is 4.79 Å². The van der Waals surface area contributed by atoms with Crippen molar-refractivity contribution in [3.63, 3.8) is 0 Å². The standard InChI is InChI=1S/C6H5Cl2NO3S/c1-9-3-4(7)5(2-6(9)10)13(8,11)12/h2-3H,1H3. The van der Waals surface area contributed by atoms with Crippen molar-refractivity contribution in [1.82, 2.24) is 4.57 Å². The molecule has 0 fully saturated rings. The van der Waals surface area contributed by atoms with Gasteiger partial charge in [-0.2, -0.15) is 0 Å². The van der Waals surface area contributed by atoms with E-state index in [1.807, 2.05) is 0 Å². The molecule has 0 aromatic carbocycles. The van der Waals surface area contributed by atoms with E-state index in [2.05, 4.69) is 0 Å². The monoisotopic (exact) mass is 241 g/mol. The molecule has 0 bridgehead atoms. The molecular formula is C6H5Cl2NO3S. The van der Waals surface area contributed by atoms with Crippen LogP contribution < -0.4 is 5.56 Å². The molecule has 0 unspecified atom stereocenters. The lowest BCUT2D eigenvalue weighted by atomic mass is 10.5. The number of rotatable bonds is 1. The summed E-state index contributed by atoms with van der Waals surface area (Å²) in [5.41, 5.74) is -0.483. The van der Waals surface area contributed by atoms with E-state index in [0.29, 0.717) is 0 Å². The summed E-state index contributed by atoms with van der Waals surface area (Å²) in [6.07, 6.45) is 1.19. The first-order valence-electron chi connectivity index (χ1n) is 3.13. The molecule has 4 nitrogen and oxygen atoms in total. The zero-order valence-corrected chi connectivity index (χ0v) is 8.82. The fourth-order valence-corrected chi connectivity index (χ4v) is 2.30. The van der Waals surface area contributed by atoms with Crippen LogP contribution in [0.3, 0.4) is 0 Å². The van der Waals surface area contributed by atoms with Crippen LogP contribution in [0.2, 0.25) is 5.02 Å². The number of nitrogens with zero attached hydrogens (tertiary/aromatic N) is 1. The molecule has 0 atom stereocenters. The van der Waals surface area contributed by atoms with Crippen molar-refractivity contribution < 1.29 is 8.42 Å². The molecule has 0 spiro atoms. The van der Waals surface area contributed by atoms with E-state index in [-0.39, 0.29) is 9.92 Å². The van der Waals surface area contributed by atoms with Crippen molar-refractivity contribution in [2.75, 3.05) is 0 Å². The number of hydrogen-bond donors (Lipinski definition) is 0. The maximum atomic E-state index is 11.0. The largest absolute Gasteiger partial charge is 0.317 e. The van der Waals surface area contributed by atoms with Gasteiger partial charge in [-0.25, -0.2) is 8.42 Å². The average molecular weight is 242 g/mol. The normalized spacial score (nSPS) is 11.6. The third-order valence-electron chi connectivity index (χ3n) is 1.41. The minimum atomic E-state index is -3.95. The molecule has 0 radical (unpaired) electrons. The van der Waals surface area contributed by atoms with Crippen molar-refractivity contribution >= 4 is 31.3 Å². The van der Waals surface area contributed by atoms with Crippen LogP contribution in [-0.4, -0.2) is 13.0 Å². The number of aromatic nitrogens is 1. The van der Waals surface area contributed by atoms with Gasteiger partial charge >= 0.3 is 0 Å². The summed E-state index contributed by atoms with van der Waals surface area (Å²) in [5, 5.41) is -0.0721. The van der Waals surface area contributed by atoms with Crippen LogP contribution >= 0.6 is 22.3 Å². The molecule has 72 valence electrons. The van der Waals surface area contributed by atoms with Crippen molar-refractivity contribution in [3.8, 4) is 0 Å². The van der Waals surface area contributed by atoms with Gasteiger partial charge in [0.2, 0.25) is 0 Å². The van der Waals surface area contributed by atoms with Crippen molar-refractivity contribution in [3.05, 3.63) is 27.6 Å². The molecule has 1 aromatic heterocycles. The summed E-state index contributed by atoms with van der Waals surface area (Å²) >= 11 is 5.56. The minimum Gasteiger partial charge on any atom is -0.317 e. The lowest BCUT2D eigenvalue weighted by Crippen LogP contribution is -2.16. The summed E-state index contributed by atoms with van der Waals surface area (Å²) in [4.78, 5) is 10.7. The third kappa shape index (κ3) is 2.24. The molecule has 1 aromatic rings. The summed E-state index contributed by atoms with van der Waals surface area (Å²) in [6, 6.07) is 0.880. The van der Waals surface area contributed by atoms with E-state index in [1.165, 1.54) is 13.2 Å². The molecule has 1 heterocycles. The Morgan fingerprint density at radius 3 is 2.46 bits per heavy atom. The quantitative estimate of drug-likeness (QED) is 0.689. The molecular weight excluding hydrogens is 237 g/mol. The summed E-state index contributed by atoms with van der Waals surface area (Å²) in [7, 11) is 2.54. The Bertz CT molecular complexity index is 491. The van der Waals surface area contributed by atoms with Crippen LogP contribution in [-0.2, 0) is 16.1 Å². The van der Waals surface area contributed by atoms with Crippen LogP contribution in [0.25, 0.3) is 0 Å². The second kappa shape index (κ2) is 3.32. The third-order valence-corrected chi connectivity index (χ3v) is 3.18. The van der Waals surface area contributed by atoms with Gasteiger partial charge in [0.05, 0.1) is 5.02 Å². The predicted octanol–water partition coefficient (Wildman–Crippen LogP) is 0.966. The summed E-state index contributed by atoms with van der Waals surface area (Å²) < 4.78 is 22.9. The Morgan fingerprint density at radius 1 is 1.46 bits per heavy atom. The van der Waals surface area contributed by atoms with Gasteiger partial charge in [-0.1, -0.05) is 11.6 Å². The average Bonchev–Trinajstić information content (AvgIpc) is 1.94. The Balaban J connectivity index is 3.60. The summed E-state index contributed by atoms with van der Waals surface area (Å²) in [5.74, 6) is 0. The number of halogens is 2. The molecule has 0 aliphatic rings. The highest BCUT2D eigenvalue weighted by molar-refractivity contribution is 8.13. The highest BCUT2D eigenvalue weighted by atomic mass is 35.7. The van der Waals surface area contributed by atoms with Gasteiger partial charge in [0.25, 0.3) is 14.6 Å². The number of pyridine rings is 1. The van der Waals surface area contributed by atoms with E-state index in [4.69, 9.17) is 22.3 Å². The molecule has 0 amide bonds. The maximum Gasteiger partial charge on any atom is 0.263 e. The van der Waals surface area contributed by atoms with E-state index in [1.54, 1.807) is 0 Å². The van der Waals surface area contributed by atoms with Gasteiger partial charge in [-0.05, 0) is 0 Å². The fraction of sp³-hybridized carbons (Fsp3) is 0.167. The molecule has 1 rings (SSSR count). The van der Waals surface area contributed by atoms with Crippen molar-refractivity contribution in [1.29, 1.82) is 0 Å². The van der Waals surface area contributed by atoms with Gasteiger partial charge in [0.1, 0.15) is 4.90 Å². The lowest BCUT2D eigenvalue weighted by molar-refractivity contribution is 0.609. The van der Waals surface area contributed by atoms with Gasteiger partial charge < -0.3 is 4.57 Å². The zero-order chi connectivity index (χ0) is 10.2. The Hall–Kier alpha value is -0.520. The Morgan fingerprint density at radius 2 is 2.00 bits per heavy atom. The van der Waals surface area contributed by atoms with Crippen LogP contribution in [0.4, 0.5) is 0 Å². The maximum absolute atomic E-state index is 11.0. The van der Waals surface area contributed by atoms with E-state index in [0.717, 1.165) is 10.6 Å². The smallest absolute Gasteiger partial charge is 0.263 e. The molecule has 0 saturated carbocycles. The van der Waals surface area contributed by atoms with Crippen LogP contribution in [0.15, 0.2) is 22.0 Å². The SMILES string of the molecule is Cn1cc(Cl)c(S(=O)(=O)Cl)cc1=O. The van der Waals surface area contributed by atoms with Crippen LogP contribution in [0, 0.1) is 0 Å². The Labute approximate surface area is 84.1 Å². The van der Waals surface area contributed by atoms with E-state index < -0.39 is 14.6 Å². The lowest BCUT2D eigenvalue weighted by Gasteiger charge is -2.01. The number of aryl methyl sites for hydroxylation is 1. The highest BCUT2D eigenvalue weighted by Crippen LogP contribution is 2.21. The molecule has 0 aliphatic carbocycles. The predicted molar refractivity (Wildman–Crippen MR) is 49.7 cm³/mol. The van der Waals surface area contributed by atoms with Gasteiger partial charge in [0, 0.05) is 30.0 Å². The molecule has 0 N–H and O–H groups in total. The van der Waals surface area contributed by atoms with Crippen LogP contribution in [0.1, 0.15) is 0 Å². The van der Waals surface area contributed by atoms with Gasteiger partial charge in [0.15, 0.2) is 0 Å². The van der Waals surface area contributed by atoms with Gasteiger partial charge in [-0.15, -0.1) is 0 Å². The molecule has 7 heteroatoms. The molecule has 0 aliphatic heterocycles. The first-order valence-corrected chi connectivity index (χ1v) is 5.82. The first kappa shape index (κ1) is 10.6. The van der Waals surface area contributed by atoms with E-state index in [9.17, 15) is 13.2 Å². The second-order valence-electron chi connectivity index (χ2n) is 2.37. The minimum absolute atomic E-state index is 0.0721. The molecule has 0 saturated heterocycles. The first-order chi connectivity index (χ1) is 5.82. The Kier molecular flexibility index (Phi) is 2.70. The van der Waals surface area contributed by atoms with Crippen LogP contribution in [0.5, 0.6) is 0 Å². The number of hydrogen-bond acceptors (Lipinski definition) is 3.